The van der Waals surface area contributed by atoms with Gasteiger partial charge in [0, 0.05) is 11.7 Å². The molecule has 6 heteroatoms. The first-order valence-electron chi connectivity index (χ1n) is 6.43. The van der Waals surface area contributed by atoms with Gasteiger partial charge in [-0.3, -0.25) is 10.00 Å². The zero-order chi connectivity index (χ0) is 14.2. The Morgan fingerprint density at radius 1 is 1.58 bits per heavy atom. The third kappa shape index (κ3) is 3.00. The zero-order valence-electron chi connectivity index (χ0n) is 11.8. The monoisotopic (exact) mass is 329 g/mol. The van der Waals surface area contributed by atoms with E-state index in [2.05, 4.69) is 26.3 Å². The van der Waals surface area contributed by atoms with Gasteiger partial charge in [-0.15, -0.1) is 0 Å². The van der Waals surface area contributed by atoms with E-state index >= 15 is 0 Å². The number of methoxy groups -OCH3 is 1. The molecule has 0 saturated heterocycles. The fourth-order valence-electron chi connectivity index (χ4n) is 2.20. The summed E-state index contributed by atoms with van der Waals surface area (Å²) in [5, 5.41) is 7.83. The molecule has 106 valence electrons. The Kier molecular flexibility index (Phi) is 4.01. The highest BCUT2D eigenvalue weighted by atomic mass is 79.9. The van der Waals surface area contributed by atoms with Gasteiger partial charge < -0.3 is 4.74 Å². The molecule has 0 aliphatic heterocycles. The molecular formula is C13H20BrN3O2. The van der Waals surface area contributed by atoms with Crippen molar-refractivity contribution in [2.45, 2.75) is 51.7 Å². The van der Waals surface area contributed by atoms with Crippen LogP contribution in [0.15, 0.2) is 4.47 Å². The van der Waals surface area contributed by atoms with Gasteiger partial charge in [-0.05, 0) is 49.5 Å². The van der Waals surface area contributed by atoms with Crippen LogP contribution in [0.3, 0.4) is 0 Å². The number of nitrogens with zero attached hydrogens (tertiary/aromatic N) is 2. The number of esters is 1. The molecule has 1 fully saturated rings. The summed E-state index contributed by atoms with van der Waals surface area (Å²) >= 11 is 3.50. The standard InChI is InChI=1S/C13H20BrN3O2/c1-8-11(14)9(2)17(16-8)7-13(3,12(18)19-4)15-10-5-6-10/h10,15H,5-7H2,1-4H3. The van der Waals surface area contributed by atoms with Crippen molar-refractivity contribution in [3.05, 3.63) is 15.9 Å². The molecule has 2 rings (SSSR count). The van der Waals surface area contributed by atoms with Gasteiger partial charge in [-0.25, -0.2) is 4.79 Å². The van der Waals surface area contributed by atoms with Gasteiger partial charge in [0.25, 0.3) is 0 Å². The largest absolute Gasteiger partial charge is 0.468 e. The van der Waals surface area contributed by atoms with Crippen LogP contribution in [0.5, 0.6) is 0 Å². The van der Waals surface area contributed by atoms with Crippen LogP contribution in [-0.2, 0) is 16.1 Å². The number of halogens is 1. The molecule has 1 aliphatic carbocycles. The number of hydrogen-bond donors (Lipinski definition) is 1. The smallest absolute Gasteiger partial charge is 0.327 e. The number of ether oxygens (including phenoxy) is 1. The van der Waals surface area contributed by atoms with E-state index in [1.54, 1.807) is 0 Å². The minimum absolute atomic E-state index is 0.247. The molecule has 0 bridgehead atoms. The maximum atomic E-state index is 12.1. The van der Waals surface area contributed by atoms with Gasteiger partial charge in [0.05, 0.1) is 23.8 Å². The summed E-state index contributed by atoms with van der Waals surface area (Å²) in [6.07, 6.45) is 2.24. The third-order valence-corrected chi connectivity index (χ3v) is 4.64. The first kappa shape index (κ1) is 14.5. The van der Waals surface area contributed by atoms with Crippen LogP contribution in [-0.4, -0.2) is 34.4 Å². The minimum Gasteiger partial charge on any atom is -0.468 e. The maximum Gasteiger partial charge on any atom is 0.327 e. The van der Waals surface area contributed by atoms with Crippen molar-refractivity contribution in [2.75, 3.05) is 7.11 Å². The van der Waals surface area contributed by atoms with Crippen molar-refractivity contribution in [3.8, 4) is 0 Å². The van der Waals surface area contributed by atoms with E-state index in [1.807, 2.05) is 25.5 Å². The summed E-state index contributed by atoms with van der Waals surface area (Å²) in [6, 6.07) is 0.421. The highest BCUT2D eigenvalue weighted by Crippen LogP contribution is 2.26. The lowest BCUT2D eigenvalue weighted by atomic mass is 10.0. The molecule has 5 nitrogen and oxygen atoms in total. The summed E-state index contributed by atoms with van der Waals surface area (Å²) in [7, 11) is 1.42. The average Bonchev–Trinajstić information content (AvgIpc) is 3.14. The summed E-state index contributed by atoms with van der Waals surface area (Å²) in [6.45, 7) is 6.27. The fourth-order valence-corrected chi connectivity index (χ4v) is 2.49. The van der Waals surface area contributed by atoms with Gasteiger partial charge in [-0.1, -0.05) is 0 Å². The fraction of sp³-hybridized carbons (Fsp3) is 0.692. The van der Waals surface area contributed by atoms with Crippen LogP contribution in [0.25, 0.3) is 0 Å². The van der Waals surface area contributed by atoms with Gasteiger partial charge in [0.2, 0.25) is 0 Å². The van der Waals surface area contributed by atoms with Gasteiger partial charge in [-0.2, -0.15) is 5.10 Å². The van der Waals surface area contributed by atoms with Gasteiger partial charge in [0.1, 0.15) is 5.54 Å². The normalized spacial score (nSPS) is 18.2. The van der Waals surface area contributed by atoms with E-state index in [9.17, 15) is 4.79 Å². The van der Waals surface area contributed by atoms with Crippen molar-refractivity contribution < 1.29 is 9.53 Å². The second-order valence-electron chi connectivity index (χ2n) is 5.38. The molecule has 1 aromatic rings. The highest BCUT2D eigenvalue weighted by molar-refractivity contribution is 9.10. The van der Waals surface area contributed by atoms with E-state index in [1.165, 1.54) is 7.11 Å². The molecular weight excluding hydrogens is 310 g/mol. The summed E-state index contributed by atoms with van der Waals surface area (Å²) < 4.78 is 7.78. The second-order valence-corrected chi connectivity index (χ2v) is 6.18. The van der Waals surface area contributed by atoms with Crippen molar-refractivity contribution >= 4 is 21.9 Å². The first-order chi connectivity index (χ1) is 8.87. The van der Waals surface area contributed by atoms with Crippen molar-refractivity contribution in [3.63, 3.8) is 0 Å². The highest BCUT2D eigenvalue weighted by Gasteiger charge is 2.40. The van der Waals surface area contributed by atoms with Crippen LogP contribution < -0.4 is 5.32 Å². The van der Waals surface area contributed by atoms with E-state index in [4.69, 9.17) is 4.74 Å². The predicted molar refractivity (Wildman–Crippen MR) is 76.0 cm³/mol. The number of aryl methyl sites for hydroxylation is 1. The third-order valence-electron chi connectivity index (χ3n) is 3.50. The maximum absolute atomic E-state index is 12.1. The molecule has 1 unspecified atom stereocenters. The molecule has 1 atom stereocenters. The minimum atomic E-state index is -0.738. The molecule has 0 aromatic carbocycles. The Morgan fingerprint density at radius 2 is 2.21 bits per heavy atom. The topological polar surface area (TPSA) is 56.2 Å². The van der Waals surface area contributed by atoms with E-state index in [0.717, 1.165) is 28.7 Å². The summed E-state index contributed by atoms with van der Waals surface area (Å²) in [5.74, 6) is -0.247. The Hall–Kier alpha value is -0.880. The van der Waals surface area contributed by atoms with Crippen LogP contribution in [0.4, 0.5) is 0 Å². The molecule has 1 heterocycles. The van der Waals surface area contributed by atoms with Crippen molar-refractivity contribution in [1.82, 2.24) is 15.1 Å². The molecule has 0 amide bonds. The Morgan fingerprint density at radius 3 is 2.63 bits per heavy atom. The number of aromatic nitrogens is 2. The molecule has 1 aliphatic rings. The molecule has 1 aromatic heterocycles. The molecule has 0 spiro atoms. The van der Waals surface area contributed by atoms with Crippen LogP contribution in [0, 0.1) is 13.8 Å². The first-order valence-corrected chi connectivity index (χ1v) is 7.22. The Balaban J connectivity index is 2.23. The lowest BCUT2D eigenvalue weighted by Gasteiger charge is -2.28. The lowest BCUT2D eigenvalue weighted by Crippen LogP contribution is -2.54. The SMILES string of the molecule is COC(=O)C(C)(Cn1nc(C)c(Br)c1C)NC1CC1. The predicted octanol–water partition coefficient (Wildman–Crippen LogP) is 1.95. The number of hydrogen-bond acceptors (Lipinski definition) is 4. The molecule has 0 radical (unpaired) electrons. The summed E-state index contributed by atoms with van der Waals surface area (Å²) in [5.41, 5.74) is 1.21. The molecule has 19 heavy (non-hydrogen) atoms. The Labute approximate surface area is 121 Å². The van der Waals surface area contributed by atoms with Crippen LogP contribution in [0.2, 0.25) is 0 Å². The quantitative estimate of drug-likeness (QED) is 0.839. The number of rotatable bonds is 5. The van der Waals surface area contributed by atoms with Gasteiger partial charge >= 0.3 is 5.97 Å². The van der Waals surface area contributed by atoms with E-state index < -0.39 is 5.54 Å². The number of carbonyl (C=O) groups is 1. The lowest BCUT2D eigenvalue weighted by molar-refractivity contribution is -0.148. The van der Waals surface area contributed by atoms with E-state index in [0.29, 0.717) is 12.6 Å². The van der Waals surface area contributed by atoms with Crippen molar-refractivity contribution in [2.24, 2.45) is 0 Å². The summed E-state index contributed by atoms with van der Waals surface area (Å²) in [4.78, 5) is 12.1. The average molecular weight is 330 g/mol. The van der Waals surface area contributed by atoms with Crippen LogP contribution in [0.1, 0.15) is 31.2 Å². The van der Waals surface area contributed by atoms with E-state index in [-0.39, 0.29) is 5.97 Å². The van der Waals surface area contributed by atoms with Crippen molar-refractivity contribution in [1.29, 1.82) is 0 Å². The second kappa shape index (κ2) is 5.25. The number of carbonyl (C=O) groups excluding carboxylic acids is 1. The number of nitrogens with one attached hydrogen (secondary N) is 1. The zero-order valence-corrected chi connectivity index (χ0v) is 13.4. The Bertz CT molecular complexity index is 496. The molecule has 1 N–H and O–H groups in total. The molecule has 1 saturated carbocycles. The van der Waals surface area contributed by atoms with Gasteiger partial charge in [0.15, 0.2) is 0 Å². The van der Waals surface area contributed by atoms with Crippen LogP contribution >= 0.6 is 15.9 Å².